The molecule has 0 aliphatic rings. The van der Waals surface area contributed by atoms with E-state index in [1.807, 2.05) is 0 Å². The molecule has 0 fully saturated rings. The summed E-state index contributed by atoms with van der Waals surface area (Å²) in [5, 5.41) is 0. The molecule has 3 aromatic rings. The molecule has 0 N–H and O–H groups in total. The molecule has 0 atom stereocenters. The number of aromatic nitrogens is 1. The van der Waals surface area contributed by atoms with Crippen molar-refractivity contribution >= 4 is 20.2 Å². The van der Waals surface area contributed by atoms with Crippen LogP contribution >= 0.6 is 0 Å². The summed E-state index contributed by atoms with van der Waals surface area (Å²) >= 11 is 0. The van der Waals surface area contributed by atoms with Crippen LogP contribution in [0.5, 0.6) is 0 Å². The van der Waals surface area contributed by atoms with Gasteiger partial charge in [-0.2, -0.15) is 0 Å². The van der Waals surface area contributed by atoms with Crippen LogP contribution in [0.3, 0.4) is 0 Å². The second kappa shape index (κ2) is 9.31. The van der Waals surface area contributed by atoms with Crippen molar-refractivity contribution in [2.45, 2.75) is 9.79 Å². The van der Waals surface area contributed by atoms with Crippen LogP contribution in [0, 0.1) is 0 Å². The molecule has 130 valence electrons. The minimum Gasteiger partial charge on any atom is -0.744 e. The van der Waals surface area contributed by atoms with Crippen molar-refractivity contribution in [3.05, 3.63) is 54.7 Å². The summed E-state index contributed by atoms with van der Waals surface area (Å²) in [5.41, 5.74) is 0.765. The Bertz CT molecular complexity index is 1140. The van der Waals surface area contributed by atoms with Gasteiger partial charge in [-0.25, -0.2) is 21.8 Å². The van der Waals surface area contributed by atoms with Gasteiger partial charge < -0.3 is 13.5 Å². The first-order chi connectivity index (χ1) is 11.6. The SMILES string of the molecule is O=S(=O)([O-])c1ccc(-c2ncc(-c3cccc(S(=O)(=O)[O-])c3)o2)cc1.[Na+].[Na+]. The third-order valence-corrected chi connectivity index (χ3v) is 4.98. The van der Waals surface area contributed by atoms with E-state index in [2.05, 4.69) is 4.98 Å². The van der Waals surface area contributed by atoms with Crippen LogP contribution in [0.1, 0.15) is 0 Å². The zero-order chi connectivity index (χ0) is 18.2. The molecule has 12 heteroatoms. The zero-order valence-electron chi connectivity index (χ0n) is 14.3. The Morgan fingerprint density at radius 3 is 1.93 bits per heavy atom. The largest absolute Gasteiger partial charge is 1.00 e. The molecule has 1 aromatic heterocycles. The first-order valence-corrected chi connectivity index (χ1v) is 9.55. The predicted molar refractivity (Wildman–Crippen MR) is 83.3 cm³/mol. The van der Waals surface area contributed by atoms with Crippen molar-refractivity contribution in [2.24, 2.45) is 0 Å². The summed E-state index contributed by atoms with van der Waals surface area (Å²) in [7, 11) is -9.14. The van der Waals surface area contributed by atoms with Crippen LogP contribution in [0.4, 0.5) is 0 Å². The Balaban J connectivity index is 0.00000182. The number of nitrogens with zero attached hydrogens (tertiary/aromatic N) is 1. The number of hydrogen-bond acceptors (Lipinski definition) is 8. The minimum atomic E-state index is -4.60. The third kappa shape index (κ3) is 5.97. The maximum Gasteiger partial charge on any atom is 1.00 e. The number of rotatable bonds is 4. The van der Waals surface area contributed by atoms with E-state index in [9.17, 15) is 25.9 Å². The molecule has 1 heterocycles. The maximum atomic E-state index is 11.1. The van der Waals surface area contributed by atoms with Gasteiger partial charge in [0.2, 0.25) is 5.89 Å². The third-order valence-electron chi connectivity index (χ3n) is 3.30. The standard InChI is InChI=1S/C15H11NO7S2.2Na/c17-24(18,19)12-6-4-10(5-7-12)15-16-9-14(23-15)11-2-1-3-13(8-11)25(20,21)22;;/h1-9H,(H,17,18,19)(H,20,21,22);;/q;2*+1/p-2. The van der Waals surface area contributed by atoms with Crippen molar-refractivity contribution in [1.29, 1.82) is 0 Å². The summed E-state index contributed by atoms with van der Waals surface area (Å²) < 4.78 is 71.5. The van der Waals surface area contributed by atoms with Gasteiger partial charge in [-0.15, -0.1) is 0 Å². The summed E-state index contributed by atoms with van der Waals surface area (Å²) in [4.78, 5) is 3.25. The Morgan fingerprint density at radius 1 is 0.778 bits per heavy atom. The smallest absolute Gasteiger partial charge is 0.744 e. The molecule has 0 saturated carbocycles. The van der Waals surface area contributed by atoms with Crippen molar-refractivity contribution in [3.63, 3.8) is 0 Å². The van der Waals surface area contributed by atoms with Gasteiger partial charge >= 0.3 is 59.1 Å². The molecule has 0 radical (unpaired) electrons. The molecule has 2 aromatic carbocycles. The quantitative estimate of drug-likeness (QED) is 0.303. The van der Waals surface area contributed by atoms with E-state index in [-0.39, 0.29) is 75.7 Å². The maximum absolute atomic E-state index is 11.1. The molecule has 0 bridgehead atoms. The van der Waals surface area contributed by atoms with Gasteiger partial charge in [-0.3, -0.25) is 0 Å². The molecule has 0 aliphatic carbocycles. The molecule has 0 spiro atoms. The Labute approximate surface area is 200 Å². The summed E-state index contributed by atoms with van der Waals surface area (Å²) in [6.45, 7) is 0. The van der Waals surface area contributed by atoms with Gasteiger partial charge in [0.1, 0.15) is 20.2 Å². The summed E-state index contributed by atoms with van der Waals surface area (Å²) in [6.07, 6.45) is 1.34. The van der Waals surface area contributed by atoms with Gasteiger partial charge in [0.25, 0.3) is 0 Å². The van der Waals surface area contributed by atoms with Gasteiger partial charge in [0, 0.05) is 11.1 Å². The minimum absolute atomic E-state index is 0. The fraction of sp³-hybridized carbons (Fsp3) is 0. The number of benzene rings is 2. The molecule has 27 heavy (non-hydrogen) atoms. The first-order valence-electron chi connectivity index (χ1n) is 6.73. The van der Waals surface area contributed by atoms with E-state index in [1.165, 1.54) is 36.5 Å². The summed E-state index contributed by atoms with van der Waals surface area (Å²) in [5.74, 6) is 0.362. The average molecular weight is 425 g/mol. The topological polar surface area (TPSA) is 140 Å². The molecular formula is C15H9NNa2O7S2. The van der Waals surface area contributed by atoms with E-state index in [4.69, 9.17) is 4.42 Å². The number of oxazole rings is 1. The van der Waals surface area contributed by atoms with Crippen LogP contribution < -0.4 is 59.1 Å². The van der Waals surface area contributed by atoms with Crippen LogP contribution in [0.25, 0.3) is 22.8 Å². The summed E-state index contributed by atoms with van der Waals surface area (Å²) in [6, 6.07) is 10.3. The van der Waals surface area contributed by atoms with Crippen molar-refractivity contribution in [1.82, 2.24) is 4.98 Å². The van der Waals surface area contributed by atoms with Gasteiger partial charge in [0.15, 0.2) is 5.76 Å². The van der Waals surface area contributed by atoms with Gasteiger partial charge in [-0.05, 0) is 36.4 Å². The van der Waals surface area contributed by atoms with Crippen molar-refractivity contribution in [3.8, 4) is 22.8 Å². The van der Waals surface area contributed by atoms with E-state index in [1.54, 1.807) is 6.07 Å². The monoisotopic (exact) mass is 425 g/mol. The Morgan fingerprint density at radius 2 is 1.37 bits per heavy atom. The van der Waals surface area contributed by atoms with E-state index in [0.717, 1.165) is 12.1 Å². The van der Waals surface area contributed by atoms with E-state index in [0.29, 0.717) is 11.1 Å². The fourth-order valence-corrected chi connectivity index (χ4v) is 3.10. The molecule has 8 nitrogen and oxygen atoms in total. The Kier molecular flexibility index (Phi) is 8.45. The van der Waals surface area contributed by atoms with Crippen molar-refractivity contribution in [2.75, 3.05) is 0 Å². The first kappa shape index (κ1) is 24.5. The van der Waals surface area contributed by atoms with E-state index < -0.39 is 25.1 Å². The zero-order valence-corrected chi connectivity index (χ0v) is 20.0. The molecule has 0 amide bonds. The van der Waals surface area contributed by atoms with Crippen LogP contribution in [0.2, 0.25) is 0 Å². The molecule has 3 rings (SSSR count). The normalized spacial score (nSPS) is 11.3. The van der Waals surface area contributed by atoms with Crippen LogP contribution in [0.15, 0.2) is 68.9 Å². The molecular weight excluding hydrogens is 416 g/mol. The van der Waals surface area contributed by atoms with Gasteiger partial charge in [0.05, 0.1) is 16.0 Å². The predicted octanol–water partition coefficient (Wildman–Crippen LogP) is -4.18. The van der Waals surface area contributed by atoms with Crippen molar-refractivity contribution < 1.29 is 89.5 Å². The fourth-order valence-electron chi connectivity index (χ4n) is 2.11. The second-order valence-electron chi connectivity index (χ2n) is 4.99. The van der Waals surface area contributed by atoms with Gasteiger partial charge in [-0.1, -0.05) is 12.1 Å². The second-order valence-corrected chi connectivity index (χ2v) is 7.75. The molecule has 0 aliphatic heterocycles. The van der Waals surface area contributed by atoms with Crippen LogP contribution in [-0.2, 0) is 20.2 Å². The average Bonchev–Trinajstić information content (AvgIpc) is 3.03. The Hall–Kier alpha value is -0.530. The number of hydrogen-bond donors (Lipinski definition) is 0. The molecule has 0 unspecified atom stereocenters. The van der Waals surface area contributed by atoms with Crippen LogP contribution in [-0.4, -0.2) is 30.9 Å². The van der Waals surface area contributed by atoms with E-state index >= 15 is 0 Å². The molecule has 0 saturated heterocycles.